The monoisotopic (exact) mass is 405 g/mol. The van der Waals surface area contributed by atoms with Crippen molar-refractivity contribution in [3.8, 4) is 5.75 Å². The van der Waals surface area contributed by atoms with Gasteiger partial charge in [0.2, 0.25) is 0 Å². The summed E-state index contributed by atoms with van der Waals surface area (Å²) in [5.41, 5.74) is 1.60. The molecule has 0 saturated carbocycles. The van der Waals surface area contributed by atoms with E-state index < -0.39 is 35.8 Å². The van der Waals surface area contributed by atoms with Gasteiger partial charge in [-0.15, -0.1) is 0 Å². The smallest absolute Gasteiger partial charge is 0.344 e. The van der Waals surface area contributed by atoms with E-state index >= 15 is 0 Å². The molecule has 0 unspecified atom stereocenters. The summed E-state index contributed by atoms with van der Waals surface area (Å²) >= 11 is 5.65. The van der Waals surface area contributed by atoms with E-state index in [1.54, 1.807) is 37.3 Å². The first-order valence-corrected chi connectivity index (χ1v) is 8.84. The van der Waals surface area contributed by atoms with Gasteiger partial charge >= 0.3 is 6.03 Å². The standard InChI is InChI=1S/C19H17ClFN3O4/c1-2-19(12-6-4-3-5-7-12)17(26)24(18(27)22-19)23-16(25)11-28-13-8-9-15(21)14(20)10-13/h3-10H,2,11H2,1H3,(H,22,27)(H,23,25)/t19-/m1/s1. The summed E-state index contributed by atoms with van der Waals surface area (Å²) in [6.45, 7) is 1.27. The van der Waals surface area contributed by atoms with Crippen molar-refractivity contribution >= 4 is 29.4 Å². The van der Waals surface area contributed by atoms with E-state index in [0.29, 0.717) is 17.0 Å². The second-order valence-electron chi connectivity index (χ2n) is 6.10. The summed E-state index contributed by atoms with van der Waals surface area (Å²) in [4.78, 5) is 37.3. The van der Waals surface area contributed by atoms with Gasteiger partial charge in [-0.3, -0.25) is 15.0 Å². The Bertz CT molecular complexity index is 925. The predicted octanol–water partition coefficient (Wildman–Crippen LogP) is 2.75. The Morgan fingerprint density at radius 2 is 1.96 bits per heavy atom. The molecule has 2 aromatic carbocycles. The van der Waals surface area contributed by atoms with Crippen LogP contribution in [0.1, 0.15) is 18.9 Å². The second kappa shape index (κ2) is 7.85. The average Bonchev–Trinajstić information content (AvgIpc) is 2.94. The number of hydrazine groups is 1. The number of halogens is 2. The lowest BCUT2D eigenvalue weighted by Crippen LogP contribution is -2.49. The van der Waals surface area contributed by atoms with Gasteiger partial charge in [-0.05, 0) is 24.1 Å². The van der Waals surface area contributed by atoms with Crippen LogP contribution in [0.25, 0.3) is 0 Å². The number of ether oxygens (including phenoxy) is 1. The molecular formula is C19H17ClFN3O4. The van der Waals surface area contributed by atoms with Crippen LogP contribution >= 0.6 is 11.6 Å². The fraction of sp³-hybridized carbons (Fsp3) is 0.211. The van der Waals surface area contributed by atoms with Gasteiger partial charge in [0.15, 0.2) is 6.61 Å². The van der Waals surface area contributed by atoms with Gasteiger partial charge < -0.3 is 10.1 Å². The first-order valence-electron chi connectivity index (χ1n) is 8.47. The quantitative estimate of drug-likeness (QED) is 0.723. The minimum absolute atomic E-state index is 0.150. The maximum atomic E-state index is 13.1. The van der Waals surface area contributed by atoms with Crippen LogP contribution < -0.4 is 15.5 Å². The highest BCUT2D eigenvalue weighted by Gasteiger charge is 2.52. The molecule has 4 amide bonds. The summed E-state index contributed by atoms with van der Waals surface area (Å²) < 4.78 is 18.4. The number of hydrogen-bond donors (Lipinski definition) is 2. The summed E-state index contributed by atoms with van der Waals surface area (Å²) in [6.07, 6.45) is 0.304. The topological polar surface area (TPSA) is 87.7 Å². The van der Waals surface area contributed by atoms with Crippen molar-refractivity contribution in [2.45, 2.75) is 18.9 Å². The predicted molar refractivity (Wildman–Crippen MR) is 98.8 cm³/mol. The number of carbonyl (C=O) groups excluding carboxylic acids is 3. The molecule has 7 nitrogen and oxygen atoms in total. The summed E-state index contributed by atoms with van der Waals surface area (Å²) in [7, 11) is 0. The van der Waals surface area contributed by atoms with Crippen LogP contribution in [0.3, 0.4) is 0 Å². The number of hydrogen-bond acceptors (Lipinski definition) is 4. The number of imide groups is 1. The molecular weight excluding hydrogens is 389 g/mol. The molecule has 28 heavy (non-hydrogen) atoms. The Balaban J connectivity index is 1.68. The first kappa shape index (κ1) is 19.6. The number of nitrogens with one attached hydrogen (secondary N) is 2. The normalized spacial score (nSPS) is 18.8. The number of urea groups is 1. The van der Waals surface area contributed by atoms with Gasteiger partial charge in [0, 0.05) is 6.07 Å². The molecule has 0 aliphatic carbocycles. The molecule has 1 atom stereocenters. The maximum absolute atomic E-state index is 13.1. The van der Waals surface area contributed by atoms with E-state index in [-0.39, 0.29) is 10.8 Å². The molecule has 0 aromatic heterocycles. The highest BCUT2D eigenvalue weighted by atomic mass is 35.5. The van der Waals surface area contributed by atoms with E-state index in [2.05, 4.69) is 10.7 Å². The number of rotatable bonds is 6. The van der Waals surface area contributed by atoms with Gasteiger partial charge in [0.25, 0.3) is 11.8 Å². The second-order valence-corrected chi connectivity index (χ2v) is 6.50. The Labute approximate surface area is 165 Å². The highest BCUT2D eigenvalue weighted by molar-refractivity contribution is 6.30. The Kier molecular flexibility index (Phi) is 5.51. The maximum Gasteiger partial charge on any atom is 0.344 e. The van der Waals surface area contributed by atoms with Crippen molar-refractivity contribution in [1.29, 1.82) is 0 Å². The minimum Gasteiger partial charge on any atom is -0.484 e. The number of amides is 4. The van der Waals surface area contributed by atoms with Crippen LogP contribution in [-0.4, -0.2) is 29.5 Å². The molecule has 0 bridgehead atoms. The van der Waals surface area contributed by atoms with Gasteiger partial charge in [0.1, 0.15) is 17.1 Å². The van der Waals surface area contributed by atoms with Crippen molar-refractivity contribution in [2.24, 2.45) is 0 Å². The molecule has 0 radical (unpaired) electrons. The zero-order valence-corrected chi connectivity index (χ0v) is 15.6. The molecule has 9 heteroatoms. The van der Waals surface area contributed by atoms with E-state index in [1.807, 2.05) is 0 Å². The Hall–Kier alpha value is -3.13. The third-order valence-corrected chi connectivity index (χ3v) is 4.68. The molecule has 3 rings (SSSR count). The third-order valence-electron chi connectivity index (χ3n) is 4.39. The van der Waals surface area contributed by atoms with Crippen molar-refractivity contribution in [2.75, 3.05) is 6.61 Å². The van der Waals surface area contributed by atoms with Crippen molar-refractivity contribution in [3.63, 3.8) is 0 Å². The van der Waals surface area contributed by atoms with Crippen LogP contribution in [0.4, 0.5) is 9.18 Å². The number of benzene rings is 2. The summed E-state index contributed by atoms with van der Waals surface area (Å²) in [6, 6.07) is 11.7. The van der Waals surface area contributed by atoms with Gasteiger partial charge in [-0.25, -0.2) is 9.18 Å². The zero-order valence-electron chi connectivity index (χ0n) is 14.9. The van der Waals surface area contributed by atoms with Gasteiger partial charge in [-0.2, -0.15) is 5.01 Å². The lowest BCUT2D eigenvalue weighted by atomic mass is 9.87. The summed E-state index contributed by atoms with van der Waals surface area (Å²) in [5, 5.41) is 3.14. The van der Waals surface area contributed by atoms with E-state index in [1.165, 1.54) is 12.1 Å². The van der Waals surface area contributed by atoms with Crippen LogP contribution in [0.15, 0.2) is 48.5 Å². The molecule has 1 saturated heterocycles. The first-order chi connectivity index (χ1) is 13.4. The highest BCUT2D eigenvalue weighted by Crippen LogP contribution is 2.31. The Morgan fingerprint density at radius 1 is 1.25 bits per heavy atom. The Morgan fingerprint density at radius 3 is 2.61 bits per heavy atom. The zero-order chi connectivity index (χ0) is 20.3. The third kappa shape index (κ3) is 3.63. The fourth-order valence-electron chi connectivity index (χ4n) is 2.91. The van der Waals surface area contributed by atoms with Crippen LogP contribution in [0, 0.1) is 5.82 Å². The molecule has 1 aliphatic rings. The molecule has 0 spiro atoms. The number of carbonyl (C=O) groups is 3. The van der Waals surface area contributed by atoms with Crippen molar-refractivity contribution in [3.05, 3.63) is 64.9 Å². The van der Waals surface area contributed by atoms with Crippen LogP contribution in [0.2, 0.25) is 5.02 Å². The minimum atomic E-state index is -1.25. The molecule has 2 N–H and O–H groups in total. The van der Waals surface area contributed by atoms with E-state index in [9.17, 15) is 18.8 Å². The lowest BCUT2D eigenvalue weighted by Gasteiger charge is -2.25. The largest absolute Gasteiger partial charge is 0.484 e. The summed E-state index contributed by atoms with van der Waals surface area (Å²) in [5.74, 6) is -1.77. The fourth-order valence-corrected chi connectivity index (χ4v) is 3.08. The molecule has 1 aliphatic heterocycles. The van der Waals surface area contributed by atoms with Gasteiger partial charge in [-0.1, -0.05) is 48.9 Å². The van der Waals surface area contributed by atoms with Crippen molar-refractivity contribution < 1.29 is 23.5 Å². The lowest BCUT2D eigenvalue weighted by molar-refractivity contribution is -0.140. The molecule has 1 fully saturated rings. The molecule has 2 aromatic rings. The number of nitrogens with zero attached hydrogens (tertiary/aromatic N) is 1. The molecule has 1 heterocycles. The van der Waals surface area contributed by atoms with E-state index in [4.69, 9.17) is 16.3 Å². The molecule has 146 valence electrons. The SMILES string of the molecule is CC[C@]1(c2ccccc2)NC(=O)N(NC(=O)COc2ccc(F)c(Cl)c2)C1=O. The van der Waals surface area contributed by atoms with Gasteiger partial charge in [0.05, 0.1) is 5.02 Å². The average molecular weight is 406 g/mol. The van der Waals surface area contributed by atoms with Crippen molar-refractivity contribution in [1.82, 2.24) is 15.8 Å². The van der Waals surface area contributed by atoms with E-state index in [0.717, 1.165) is 6.07 Å². The van der Waals surface area contributed by atoms with Crippen LogP contribution in [0.5, 0.6) is 5.75 Å². The van der Waals surface area contributed by atoms with Crippen LogP contribution in [-0.2, 0) is 15.1 Å².